The van der Waals surface area contributed by atoms with Crippen LogP contribution in [0.15, 0.2) is 509 Å². The molecule has 0 amide bonds. The SMILES string of the molecule is Brc1ccc2c(c1)C1(c3cc(Br)ccc3-2)c2ccccc2N(c2ccc(-c3ccccc3)cc2)c2ccc(-c3ccccc3)cc21.Brc1ccc2c(c1)C1(c3cc(Br)ccc3-2)c2ccccc2N(c2ccccc2)c2ccccc21.Clc1ccc2c(c1)C1(c3cc(Cl)ccc3-2)c2ccccc2N(c2cccc3ccccc23)c2ccccc21.Clc1ccc2c(c1)C1(c3ccccc3Nc3ccccc31)c1cc(Cl)ccc1-2. The zero-order valence-electron chi connectivity index (χ0n) is 78.1. The first-order valence-corrected chi connectivity index (χ1v) is 53.5. The van der Waals surface area contributed by atoms with E-state index in [0.717, 1.165) is 72.1 Å². The van der Waals surface area contributed by atoms with Crippen LogP contribution in [-0.2, 0) is 21.7 Å². The molecular formula is C134H82Br4Cl4N4. The average molecular weight is 2210 g/mol. The van der Waals surface area contributed by atoms with Gasteiger partial charge in [-0.3, -0.25) is 0 Å². The Hall–Kier alpha value is -14.6. The fraction of sp³-hybridized carbons (Fsp3) is 0.0299. The lowest BCUT2D eigenvalue weighted by molar-refractivity contribution is 0.751. The largest absolute Gasteiger partial charge is 0.355 e. The Kier molecular flexibility index (Phi) is 22.0. The lowest BCUT2D eigenvalue weighted by Crippen LogP contribution is -2.36. The van der Waals surface area contributed by atoms with Gasteiger partial charge in [0.1, 0.15) is 0 Å². The van der Waals surface area contributed by atoms with Gasteiger partial charge in [-0.1, -0.05) is 420 Å². The predicted octanol–water partition coefficient (Wildman–Crippen LogP) is 39.8. The summed E-state index contributed by atoms with van der Waals surface area (Å²) in [6.07, 6.45) is 0. The standard InChI is InChI=1S/C43H27Br2N.C35H21Cl2N.C31H19Br2N.C25H15Cl2N/c44-32-18-22-35-36-23-19-33(45)27-39(36)43(38(35)26-32)37-13-7-8-14-41(37)46(34-20-15-30(16-21-34)28-9-3-1-4-10-28)42-24-17-31(25-40(42)43)29-11-5-2-6-12-29;36-23-16-18-26-27-19-17-24(37)21-31(27)35(30(26)20-23)28-11-3-5-13-33(28)38(34-14-6-4-12-29(34)35)32-15-7-9-22-8-1-2-10-25(22)32;32-20-14-16-23-24-17-15-21(33)19-28(24)31(27(23)18-20)25-10-4-6-12-29(25)34(22-8-2-1-3-9-22)30-13-7-5-11-26(30)31;26-15-9-11-17-18-12-10-16(27)14-22(18)25(21(17)13-15)19-5-1-3-7-23(19)28-24-8-4-2-6-20(24)25/h1-27H;1-21H;1-19H;1-14,28H. The summed E-state index contributed by atoms with van der Waals surface area (Å²) in [6.45, 7) is 0. The molecule has 4 nitrogen and oxygen atoms in total. The number of fused-ring (bicyclic) bond motifs is 37. The van der Waals surface area contributed by atoms with Crippen LogP contribution in [0.1, 0.15) is 89.0 Å². The number of nitrogens with one attached hydrogen (secondary N) is 1. The maximum absolute atomic E-state index is 6.71. The van der Waals surface area contributed by atoms with Crippen molar-refractivity contribution in [2.45, 2.75) is 21.7 Å². The average Bonchev–Trinajstić information content (AvgIpc) is 1.47. The summed E-state index contributed by atoms with van der Waals surface area (Å²) in [5.41, 5.74) is 45.7. The highest BCUT2D eigenvalue weighted by Crippen LogP contribution is 2.70. The molecule has 146 heavy (non-hydrogen) atoms. The van der Waals surface area contributed by atoms with Gasteiger partial charge < -0.3 is 20.0 Å². The molecule has 694 valence electrons. The van der Waals surface area contributed by atoms with E-state index in [2.05, 4.69) is 551 Å². The summed E-state index contributed by atoms with van der Waals surface area (Å²) < 4.78 is 4.35. The summed E-state index contributed by atoms with van der Waals surface area (Å²) in [6, 6.07) is 177. The van der Waals surface area contributed by atoms with E-state index in [4.69, 9.17) is 46.4 Å². The van der Waals surface area contributed by atoms with Gasteiger partial charge in [-0.15, -0.1) is 0 Å². The molecule has 30 rings (SSSR count). The second-order valence-corrected chi connectivity index (χ2v) is 43.6. The van der Waals surface area contributed by atoms with Gasteiger partial charge in [-0.05, 0) is 343 Å². The molecule has 0 saturated heterocycles. The molecule has 0 fully saturated rings. The van der Waals surface area contributed by atoms with Crippen LogP contribution in [0.4, 0.5) is 62.6 Å². The molecule has 1 N–H and O–H groups in total. The number of hydrogen-bond donors (Lipinski definition) is 1. The first-order chi connectivity index (χ1) is 71.7. The first-order valence-electron chi connectivity index (χ1n) is 48.8. The van der Waals surface area contributed by atoms with Crippen molar-refractivity contribution in [3.05, 3.63) is 618 Å². The summed E-state index contributed by atoms with van der Waals surface area (Å²) in [5.74, 6) is 0. The van der Waals surface area contributed by atoms with Crippen LogP contribution >= 0.6 is 110 Å². The number of para-hydroxylation sites is 8. The second kappa shape index (κ2) is 35.7. The molecule has 0 unspecified atom stereocenters. The van der Waals surface area contributed by atoms with Crippen LogP contribution in [0.5, 0.6) is 0 Å². The molecule has 4 aliphatic heterocycles. The maximum atomic E-state index is 6.71. The van der Waals surface area contributed by atoms with Crippen molar-refractivity contribution in [2.24, 2.45) is 0 Å². The van der Waals surface area contributed by atoms with Crippen LogP contribution in [0.3, 0.4) is 0 Å². The van der Waals surface area contributed by atoms with Crippen LogP contribution in [0.25, 0.3) is 77.5 Å². The number of nitrogens with zero attached hydrogens (tertiary/aromatic N) is 3. The highest BCUT2D eigenvalue weighted by molar-refractivity contribution is 9.11. The Labute approximate surface area is 901 Å². The third-order valence-electron chi connectivity index (χ3n) is 30.9. The van der Waals surface area contributed by atoms with Crippen molar-refractivity contribution < 1.29 is 0 Å². The summed E-state index contributed by atoms with van der Waals surface area (Å²) >= 11 is 41.7. The molecule has 0 radical (unpaired) electrons. The summed E-state index contributed by atoms with van der Waals surface area (Å²) in [5, 5.41) is 8.99. The Morgan fingerprint density at radius 2 is 0.432 bits per heavy atom. The molecule has 0 atom stereocenters. The van der Waals surface area contributed by atoms with Crippen molar-refractivity contribution in [3.63, 3.8) is 0 Å². The molecule has 12 heteroatoms. The quantitative estimate of drug-likeness (QED) is 0.185. The highest BCUT2D eigenvalue weighted by Gasteiger charge is 2.57. The van der Waals surface area contributed by atoms with Crippen LogP contribution < -0.4 is 20.0 Å². The Morgan fingerprint density at radius 1 is 0.171 bits per heavy atom. The van der Waals surface area contributed by atoms with Gasteiger partial charge in [0.05, 0.1) is 61.5 Å². The third kappa shape index (κ3) is 13.7. The molecule has 0 bridgehead atoms. The monoisotopic (exact) mass is 2200 g/mol. The molecule has 8 aliphatic rings. The van der Waals surface area contributed by atoms with Crippen LogP contribution in [0.2, 0.25) is 20.1 Å². The molecule has 4 spiro atoms. The van der Waals surface area contributed by atoms with Gasteiger partial charge in [0, 0.05) is 66.1 Å². The Bertz CT molecular complexity index is 8790. The van der Waals surface area contributed by atoms with E-state index in [1.165, 1.54) is 195 Å². The summed E-state index contributed by atoms with van der Waals surface area (Å²) in [4.78, 5) is 7.28. The van der Waals surface area contributed by atoms with Gasteiger partial charge in [-0.25, -0.2) is 0 Å². The molecule has 22 aromatic carbocycles. The minimum atomic E-state index is -0.547. The Balaban J connectivity index is 0.0000000979. The van der Waals surface area contributed by atoms with E-state index < -0.39 is 21.7 Å². The number of rotatable bonds is 5. The normalized spacial score (nSPS) is 14.1. The van der Waals surface area contributed by atoms with Gasteiger partial charge in [0.2, 0.25) is 0 Å². The van der Waals surface area contributed by atoms with Gasteiger partial charge in [0.25, 0.3) is 0 Å². The smallest absolute Gasteiger partial charge is 0.0755 e. The van der Waals surface area contributed by atoms with Crippen molar-refractivity contribution in [1.82, 2.24) is 0 Å². The second-order valence-electron chi connectivity index (χ2n) is 38.2. The highest BCUT2D eigenvalue weighted by atomic mass is 79.9. The molecule has 22 aromatic rings. The van der Waals surface area contributed by atoms with E-state index in [0.29, 0.717) is 0 Å². The number of halogens is 8. The first kappa shape index (κ1) is 90.2. The topological polar surface area (TPSA) is 21.8 Å². The molecule has 4 aliphatic carbocycles. The third-order valence-corrected chi connectivity index (χ3v) is 33.8. The number of benzene rings is 22. The van der Waals surface area contributed by atoms with Crippen molar-refractivity contribution in [3.8, 4) is 66.8 Å². The molecule has 0 saturated carbocycles. The number of anilines is 11. The minimum Gasteiger partial charge on any atom is -0.355 e. The van der Waals surface area contributed by atoms with Crippen LogP contribution in [-0.4, -0.2) is 0 Å². The van der Waals surface area contributed by atoms with E-state index in [1.807, 2.05) is 24.3 Å². The van der Waals surface area contributed by atoms with Crippen LogP contribution in [0, 0.1) is 0 Å². The zero-order valence-corrected chi connectivity index (χ0v) is 87.5. The predicted molar refractivity (Wildman–Crippen MR) is 622 cm³/mol. The van der Waals surface area contributed by atoms with E-state index in [-0.39, 0.29) is 0 Å². The lowest BCUT2D eigenvalue weighted by Gasteiger charge is -2.45. The fourth-order valence-corrected chi connectivity index (χ4v) is 27.5. The molecule has 0 aromatic heterocycles. The van der Waals surface area contributed by atoms with Crippen molar-refractivity contribution in [1.29, 1.82) is 0 Å². The van der Waals surface area contributed by atoms with Gasteiger partial charge >= 0.3 is 0 Å². The summed E-state index contributed by atoms with van der Waals surface area (Å²) in [7, 11) is 0. The zero-order chi connectivity index (χ0) is 98.0. The van der Waals surface area contributed by atoms with Crippen molar-refractivity contribution >= 4 is 183 Å². The van der Waals surface area contributed by atoms with E-state index in [1.54, 1.807) is 0 Å². The van der Waals surface area contributed by atoms with Gasteiger partial charge in [-0.2, -0.15) is 0 Å². The fourth-order valence-electron chi connectivity index (χ4n) is 25.3. The molecule has 4 heterocycles. The minimum absolute atomic E-state index is 0.406. The lowest BCUT2D eigenvalue weighted by atomic mass is 9.64. The molecular weight excluding hydrogens is 2130 g/mol. The number of hydrogen-bond acceptors (Lipinski definition) is 4. The Morgan fingerprint density at radius 3 is 0.822 bits per heavy atom. The maximum Gasteiger partial charge on any atom is 0.0755 e. The van der Waals surface area contributed by atoms with E-state index in [9.17, 15) is 0 Å². The van der Waals surface area contributed by atoms with Gasteiger partial charge in [0.15, 0.2) is 0 Å². The van der Waals surface area contributed by atoms with E-state index >= 15 is 0 Å². The van der Waals surface area contributed by atoms with Crippen molar-refractivity contribution in [2.75, 3.05) is 20.0 Å².